The third kappa shape index (κ3) is 4.23. The number of carbonyl (C=O) groups excluding carboxylic acids is 3. The topological polar surface area (TPSA) is 137 Å². The first-order chi connectivity index (χ1) is 17.5. The minimum absolute atomic E-state index is 0.0871. The van der Waals surface area contributed by atoms with Gasteiger partial charge in [-0.2, -0.15) is 0 Å². The molecule has 1 fully saturated rings. The summed E-state index contributed by atoms with van der Waals surface area (Å²) >= 11 is 1.08. The molecule has 3 aromatic heterocycles. The quantitative estimate of drug-likeness (QED) is 0.209. The van der Waals surface area contributed by atoms with Crippen molar-refractivity contribution in [2.24, 2.45) is 5.14 Å². The Morgan fingerprint density at radius 3 is 2.42 bits per heavy atom. The lowest BCUT2D eigenvalue weighted by Gasteiger charge is -2.34. The van der Waals surface area contributed by atoms with Crippen molar-refractivity contribution < 1.29 is 19.1 Å². The molecule has 1 aliphatic rings. The lowest BCUT2D eigenvalue weighted by Crippen LogP contribution is -2.52. The number of hydrogen-bond donors (Lipinski definition) is 3. The largest absolute Gasteiger partial charge is 0.494 e. The number of H-pyrrole nitrogens is 2. The molecule has 1 aliphatic heterocycles. The molecule has 2 amide bonds. The number of methoxy groups -OCH3 is 1. The molecule has 0 aliphatic carbocycles. The van der Waals surface area contributed by atoms with Crippen molar-refractivity contribution in [1.29, 1.82) is 0 Å². The van der Waals surface area contributed by atoms with Gasteiger partial charge in [0, 0.05) is 37.9 Å². The van der Waals surface area contributed by atoms with Crippen molar-refractivity contribution in [3.05, 3.63) is 66.0 Å². The molecule has 4 N–H and O–H groups in total. The van der Waals surface area contributed by atoms with Crippen LogP contribution in [-0.4, -0.2) is 75.6 Å². The van der Waals surface area contributed by atoms with Crippen LogP contribution in [0.3, 0.4) is 0 Å². The highest BCUT2D eigenvalue weighted by Gasteiger charge is 2.31. The second-order valence-electron chi connectivity index (χ2n) is 8.26. The molecule has 1 saturated heterocycles. The number of benzene rings is 1. The zero-order chi connectivity index (χ0) is 25.2. The fourth-order valence-electron chi connectivity index (χ4n) is 4.37. The van der Waals surface area contributed by atoms with Crippen molar-refractivity contribution >= 4 is 40.4 Å². The van der Waals surface area contributed by atoms with E-state index in [2.05, 4.69) is 15.0 Å². The van der Waals surface area contributed by atoms with E-state index in [1.54, 1.807) is 17.0 Å². The molecule has 184 valence electrons. The highest BCUT2D eigenvalue weighted by Crippen LogP contribution is 2.35. The number of nitrogens with one attached hydrogen (secondary N) is 2. The number of piperazine rings is 1. The maximum absolute atomic E-state index is 13.3. The van der Waals surface area contributed by atoms with Crippen molar-refractivity contribution in [2.75, 3.05) is 33.3 Å². The number of nitrogens with two attached hydrogens (primary N) is 1. The molecule has 10 nitrogen and oxygen atoms in total. The molecular formula is C25H24N6O4S. The van der Waals surface area contributed by atoms with Crippen LogP contribution in [0.15, 0.2) is 59.9 Å². The van der Waals surface area contributed by atoms with Crippen LogP contribution >= 0.6 is 11.9 Å². The van der Waals surface area contributed by atoms with E-state index in [1.807, 2.05) is 30.3 Å². The Kier molecular flexibility index (Phi) is 6.49. The molecule has 0 unspecified atom stereocenters. The Bertz CT molecular complexity index is 1440. The number of carbonyl (C=O) groups is 3. The Morgan fingerprint density at radius 2 is 1.75 bits per heavy atom. The summed E-state index contributed by atoms with van der Waals surface area (Å²) in [7, 11) is 1.49. The third-order valence-corrected chi connectivity index (χ3v) is 6.74. The maximum Gasteiger partial charge on any atom is 0.295 e. The van der Waals surface area contributed by atoms with Gasteiger partial charge in [-0.3, -0.25) is 19.5 Å². The summed E-state index contributed by atoms with van der Waals surface area (Å²) < 4.78 is 5.46. The maximum atomic E-state index is 13.3. The van der Waals surface area contributed by atoms with Crippen LogP contribution in [-0.2, 0) is 4.79 Å². The first-order valence-electron chi connectivity index (χ1n) is 11.3. The number of aromatic nitrogens is 3. The molecule has 36 heavy (non-hydrogen) atoms. The van der Waals surface area contributed by atoms with Crippen molar-refractivity contribution in [3.63, 3.8) is 0 Å². The van der Waals surface area contributed by atoms with E-state index in [0.717, 1.165) is 17.0 Å². The average molecular weight is 505 g/mol. The van der Waals surface area contributed by atoms with E-state index < -0.39 is 11.7 Å². The van der Waals surface area contributed by atoms with Crippen molar-refractivity contribution in [3.8, 4) is 17.1 Å². The Balaban J connectivity index is 1.37. The monoisotopic (exact) mass is 504 g/mol. The van der Waals surface area contributed by atoms with E-state index in [9.17, 15) is 14.4 Å². The fourth-order valence-corrected chi connectivity index (χ4v) is 4.69. The van der Waals surface area contributed by atoms with Gasteiger partial charge >= 0.3 is 0 Å². The predicted octanol–water partition coefficient (Wildman–Crippen LogP) is 2.70. The van der Waals surface area contributed by atoms with Gasteiger partial charge < -0.3 is 24.5 Å². The van der Waals surface area contributed by atoms with Gasteiger partial charge in [0.1, 0.15) is 11.4 Å². The molecule has 0 spiro atoms. The zero-order valence-corrected chi connectivity index (χ0v) is 20.3. The summed E-state index contributed by atoms with van der Waals surface area (Å²) in [6, 6.07) is 12.7. The number of ketones is 1. The van der Waals surface area contributed by atoms with Gasteiger partial charge in [0.2, 0.25) is 0 Å². The molecule has 4 heterocycles. The third-order valence-electron chi connectivity index (χ3n) is 6.25. The molecule has 0 atom stereocenters. The average Bonchev–Trinajstić information content (AvgIpc) is 3.60. The van der Waals surface area contributed by atoms with Crippen LogP contribution in [0.2, 0.25) is 0 Å². The number of fused-ring (bicyclic) bond motifs is 1. The van der Waals surface area contributed by atoms with Crippen molar-refractivity contribution in [1.82, 2.24) is 24.8 Å². The molecule has 0 radical (unpaired) electrons. The standard InChI is InChI=1S/C25H24N6O4S/c1-35-18-14-28-21(17-7-8-19(29-17)36-26)22-20(18)16(13-27-22)23(32)25(34)31-11-9-30(10-12-31)24(33)15-5-3-2-4-6-15/h2-8,13-14,27,29H,9-12,26H2,1H3. The summed E-state index contributed by atoms with van der Waals surface area (Å²) in [6.07, 6.45) is 3.03. The molecule has 0 bridgehead atoms. The van der Waals surface area contributed by atoms with Crippen molar-refractivity contribution in [2.45, 2.75) is 5.03 Å². The molecule has 11 heteroatoms. The smallest absolute Gasteiger partial charge is 0.295 e. The van der Waals surface area contributed by atoms with Gasteiger partial charge in [0.05, 0.1) is 40.5 Å². The number of amides is 2. The minimum atomic E-state index is -0.649. The van der Waals surface area contributed by atoms with E-state index in [1.165, 1.54) is 24.4 Å². The van der Waals surface area contributed by atoms with Gasteiger partial charge in [0.25, 0.3) is 17.6 Å². The SMILES string of the molecule is COc1cnc(-c2ccc(SN)[nH]2)c2[nH]cc(C(=O)C(=O)N3CCN(C(=O)c4ccccc4)CC3)c12. The molecule has 5 rings (SSSR count). The molecule has 1 aromatic carbocycles. The molecular weight excluding hydrogens is 480 g/mol. The second kappa shape index (κ2) is 9.88. The van der Waals surface area contributed by atoms with Gasteiger partial charge in [-0.05, 0) is 36.2 Å². The summed E-state index contributed by atoms with van der Waals surface area (Å²) in [4.78, 5) is 53.1. The molecule has 0 saturated carbocycles. The number of pyridine rings is 1. The highest BCUT2D eigenvalue weighted by atomic mass is 32.2. The van der Waals surface area contributed by atoms with E-state index in [-0.39, 0.29) is 24.6 Å². The number of rotatable bonds is 6. The minimum Gasteiger partial charge on any atom is -0.494 e. The summed E-state index contributed by atoms with van der Waals surface area (Å²) in [5.41, 5.74) is 2.66. The number of ether oxygens (including phenoxy) is 1. The first-order valence-corrected chi connectivity index (χ1v) is 12.2. The van der Waals surface area contributed by atoms with Gasteiger partial charge in [0.15, 0.2) is 0 Å². The van der Waals surface area contributed by atoms with E-state index in [4.69, 9.17) is 9.88 Å². The van der Waals surface area contributed by atoms with Gasteiger partial charge in [-0.1, -0.05) is 18.2 Å². The summed E-state index contributed by atoms with van der Waals surface area (Å²) in [6.45, 7) is 1.26. The van der Waals surface area contributed by atoms with E-state index >= 15 is 0 Å². The normalized spacial score (nSPS) is 13.7. The number of aromatic amines is 2. The van der Waals surface area contributed by atoms with Crippen LogP contribution < -0.4 is 9.88 Å². The summed E-state index contributed by atoms with van der Waals surface area (Å²) in [5, 5.41) is 6.88. The van der Waals surface area contributed by atoms with Crippen LogP contribution in [0.1, 0.15) is 20.7 Å². The Morgan fingerprint density at radius 1 is 1.03 bits per heavy atom. The highest BCUT2D eigenvalue weighted by molar-refractivity contribution is 7.97. The van der Waals surface area contributed by atoms with Crippen LogP contribution in [0.4, 0.5) is 0 Å². The van der Waals surface area contributed by atoms with Crippen LogP contribution in [0.25, 0.3) is 22.3 Å². The molecule has 4 aromatic rings. The Labute approximate surface area is 210 Å². The van der Waals surface area contributed by atoms with Crippen LogP contribution in [0, 0.1) is 0 Å². The number of Topliss-reactive ketones (excluding diaryl/α,β-unsaturated/α-hetero) is 1. The van der Waals surface area contributed by atoms with E-state index in [0.29, 0.717) is 46.7 Å². The lowest BCUT2D eigenvalue weighted by atomic mass is 10.1. The Hall–Kier alpha value is -4.09. The zero-order valence-electron chi connectivity index (χ0n) is 19.5. The van der Waals surface area contributed by atoms with Crippen LogP contribution in [0.5, 0.6) is 5.75 Å². The van der Waals surface area contributed by atoms with Gasteiger partial charge in [-0.15, -0.1) is 0 Å². The summed E-state index contributed by atoms with van der Waals surface area (Å²) in [5.74, 6) is -0.977. The van der Waals surface area contributed by atoms with Gasteiger partial charge in [-0.25, -0.2) is 4.98 Å². The first kappa shape index (κ1) is 23.6. The predicted molar refractivity (Wildman–Crippen MR) is 136 cm³/mol. The second-order valence-corrected chi connectivity index (χ2v) is 8.94. The fraction of sp³-hybridized carbons (Fsp3) is 0.200. The number of hydrogen-bond acceptors (Lipinski definition) is 7. The number of nitrogens with zero attached hydrogens (tertiary/aromatic N) is 3. The lowest BCUT2D eigenvalue weighted by molar-refractivity contribution is -0.127.